The van der Waals surface area contributed by atoms with E-state index in [0.29, 0.717) is 5.41 Å². The number of ether oxygens (including phenoxy) is 1. The lowest BCUT2D eigenvalue weighted by atomic mass is 9.49. The zero-order chi connectivity index (χ0) is 16.2. The van der Waals surface area contributed by atoms with Crippen LogP contribution in [0.2, 0.25) is 0 Å². The summed E-state index contributed by atoms with van der Waals surface area (Å²) in [6, 6.07) is 0. The van der Waals surface area contributed by atoms with E-state index in [2.05, 4.69) is 32.1 Å². The summed E-state index contributed by atoms with van der Waals surface area (Å²) in [6.07, 6.45) is 16.0. The van der Waals surface area contributed by atoms with Crippen molar-refractivity contribution in [3.05, 3.63) is 23.8 Å². The Labute approximate surface area is 140 Å². The van der Waals surface area contributed by atoms with Crippen LogP contribution in [0.1, 0.15) is 65.7 Å². The normalized spacial score (nSPS) is 48.0. The van der Waals surface area contributed by atoms with Crippen molar-refractivity contribution < 1.29 is 9.53 Å². The monoisotopic (exact) mass is 314 g/mol. The van der Waals surface area contributed by atoms with Gasteiger partial charge in [-0.05, 0) is 73.7 Å². The van der Waals surface area contributed by atoms with Crippen molar-refractivity contribution in [3.63, 3.8) is 0 Å². The first kappa shape index (κ1) is 15.5. The molecule has 0 spiro atoms. The largest absolute Gasteiger partial charge is 0.462 e. The highest BCUT2D eigenvalue weighted by atomic mass is 16.5. The van der Waals surface area contributed by atoms with Crippen LogP contribution >= 0.6 is 0 Å². The highest BCUT2D eigenvalue weighted by Crippen LogP contribution is 2.64. The second-order valence-electron chi connectivity index (χ2n) is 8.85. The second-order valence-corrected chi connectivity index (χ2v) is 8.85. The van der Waals surface area contributed by atoms with E-state index in [-0.39, 0.29) is 17.5 Å². The summed E-state index contributed by atoms with van der Waals surface area (Å²) < 4.78 is 5.73. The van der Waals surface area contributed by atoms with Crippen molar-refractivity contribution in [2.45, 2.75) is 71.8 Å². The van der Waals surface area contributed by atoms with Crippen molar-refractivity contribution >= 4 is 5.97 Å². The second kappa shape index (κ2) is 5.22. The maximum atomic E-state index is 11.5. The van der Waals surface area contributed by atoms with Gasteiger partial charge in [-0.2, -0.15) is 0 Å². The first-order valence-electron chi connectivity index (χ1n) is 9.49. The lowest BCUT2D eigenvalue weighted by Gasteiger charge is -2.56. The Bertz CT molecular complexity index is 574. The van der Waals surface area contributed by atoms with E-state index < -0.39 is 0 Å². The number of hydrogen-bond acceptors (Lipinski definition) is 2. The minimum absolute atomic E-state index is 0.103. The summed E-state index contributed by atoms with van der Waals surface area (Å²) >= 11 is 0. The molecule has 0 aromatic heterocycles. The summed E-state index contributed by atoms with van der Waals surface area (Å²) in [5, 5.41) is 0. The minimum Gasteiger partial charge on any atom is -0.462 e. The standard InChI is InChI=1S/C21H30O2/c1-14(22)23-19-10-9-17-16-8-7-15-6-4-5-12-20(15,2)18(16)11-13-21(17,19)3/h4,6-7,16-19H,5,8-13H2,1-3H3/t16-,17-,18-,19-,20-,21-/m0/s1. The Morgan fingerprint density at radius 1 is 1.17 bits per heavy atom. The number of esters is 1. The van der Waals surface area contributed by atoms with E-state index in [1.807, 2.05) is 0 Å². The zero-order valence-electron chi connectivity index (χ0n) is 14.8. The molecular weight excluding hydrogens is 284 g/mol. The average molecular weight is 314 g/mol. The van der Waals surface area contributed by atoms with Crippen molar-refractivity contribution in [3.8, 4) is 0 Å². The van der Waals surface area contributed by atoms with Crippen LogP contribution in [0.5, 0.6) is 0 Å². The molecule has 0 heterocycles. The van der Waals surface area contributed by atoms with E-state index in [1.54, 1.807) is 12.5 Å². The van der Waals surface area contributed by atoms with Gasteiger partial charge in [0.2, 0.25) is 0 Å². The smallest absolute Gasteiger partial charge is 0.302 e. The SMILES string of the molecule is CC(=O)O[C@H]1CC[C@H]2[C@@H]3CC=C4C=CCC[C@]4(C)[C@H]3CC[C@]12C. The minimum atomic E-state index is -0.103. The van der Waals surface area contributed by atoms with Crippen LogP contribution in [-0.4, -0.2) is 12.1 Å². The van der Waals surface area contributed by atoms with E-state index in [0.717, 1.165) is 24.2 Å². The van der Waals surface area contributed by atoms with Gasteiger partial charge in [0.15, 0.2) is 0 Å². The van der Waals surface area contributed by atoms with Gasteiger partial charge in [-0.15, -0.1) is 0 Å². The molecule has 6 atom stereocenters. The maximum Gasteiger partial charge on any atom is 0.302 e. The zero-order valence-corrected chi connectivity index (χ0v) is 14.8. The number of hydrogen-bond donors (Lipinski definition) is 0. The quantitative estimate of drug-likeness (QED) is 0.633. The molecule has 2 saturated carbocycles. The average Bonchev–Trinajstić information content (AvgIpc) is 2.83. The molecule has 23 heavy (non-hydrogen) atoms. The topological polar surface area (TPSA) is 26.3 Å². The van der Waals surface area contributed by atoms with Crippen molar-refractivity contribution in [1.29, 1.82) is 0 Å². The van der Waals surface area contributed by atoms with E-state index in [9.17, 15) is 4.79 Å². The molecule has 0 bridgehead atoms. The Morgan fingerprint density at radius 2 is 2.00 bits per heavy atom. The Morgan fingerprint density at radius 3 is 2.78 bits per heavy atom. The number of rotatable bonds is 1. The number of fused-ring (bicyclic) bond motifs is 5. The van der Waals surface area contributed by atoms with Gasteiger partial charge in [0.1, 0.15) is 6.10 Å². The van der Waals surface area contributed by atoms with Crippen LogP contribution in [0, 0.1) is 28.6 Å². The first-order chi connectivity index (χ1) is 10.9. The third kappa shape index (κ3) is 2.16. The van der Waals surface area contributed by atoms with Crippen LogP contribution in [0.4, 0.5) is 0 Å². The number of carbonyl (C=O) groups excluding carboxylic acids is 1. The molecule has 4 rings (SSSR count). The van der Waals surface area contributed by atoms with Gasteiger partial charge in [0.05, 0.1) is 0 Å². The van der Waals surface area contributed by atoms with Gasteiger partial charge in [-0.25, -0.2) is 0 Å². The van der Waals surface area contributed by atoms with Gasteiger partial charge >= 0.3 is 5.97 Å². The fourth-order valence-electron chi connectivity index (χ4n) is 6.65. The molecule has 0 unspecified atom stereocenters. The van der Waals surface area contributed by atoms with Gasteiger partial charge in [-0.1, -0.05) is 32.1 Å². The highest BCUT2D eigenvalue weighted by molar-refractivity contribution is 5.66. The van der Waals surface area contributed by atoms with E-state index in [4.69, 9.17) is 4.74 Å². The highest BCUT2D eigenvalue weighted by Gasteiger charge is 2.58. The predicted octanol–water partition coefficient (Wildman–Crippen LogP) is 5.05. The molecule has 4 aliphatic rings. The van der Waals surface area contributed by atoms with Gasteiger partial charge in [-0.3, -0.25) is 4.79 Å². The fraction of sp³-hybridized carbons (Fsp3) is 0.762. The van der Waals surface area contributed by atoms with E-state index in [1.165, 1.54) is 38.5 Å². The molecule has 4 aliphatic carbocycles. The van der Waals surface area contributed by atoms with Gasteiger partial charge in [0.25, 0.3) is 0 Å². The Hall–Kier alpha value is -1.05. The van der Waals surface area contributed by atoms with Crippen LogP contribution in [0.25, 0.3) is 0 Å². The van der Waals surface area contributed by atoms with Gasteiger partial charge < -0.3 is 4.74 Å². The summed E-state index contributed by atoms with van der Waals surface area (Å²) in [5.41, 5.74) is 2.19. The molecule has 126 valence electrons. The fourth-order valence-corrected chi connectivity index (χ4v) is 6.65. The molecule has 0 aliphatic heterocycles. The van der Waals surface area contributed by atoms with Crippen LogP contribution in [0.3, 0.4) is 0 Å². The van der Waals surface area contributed by atoms with Crippen LogP contribution in [0.15, 0.2) is 23.8 Å². The molecule has 0 aromatic carbocycles. The lowest BCUT2D eigenvalue weighted by molar-refractivity contribution is -0.156. The third-order valence-electron chi connectivity index (χ3n) is 7.87. The molecule has 0 radical (unpaired) electrons. The first-order valence-corrected chi connectivity index (χ1v) is 9.49. The van der Waals surface area contributed by atoms with Crippen molar-refractivity contribution in [2.75, 3.05) is 0 Å². The van der Waals surface area contributed by atoms with E-state index >= 15 is 0 Å². The molecule has 0 amide bonds. The Kier molecular flexibility index (Phi) is 3.52. The third-order valence-corrected chi connectivity index (χ3v) is 7.87. The van der Waals surface area contributed by atoms with Gasteiger partial charge in [0, 0.05) is 12.3 Å². The molecule has 2 fully saturated rings. The number of allylic oxidation sites excluding steroid dienone is 4. The molecule has 0 aromatic rings. The predicted molar refractivity (Wildman–Crippen MR) is 91.8 cm³/mol. The Balaban J connectivity index is 1.64. The molecule has 2 nitrogen and oxygen atoms in total. The maximum absolute atomic E-state index is 11.5. The van der Waals surface area contributed by atoms with Crippen molar-refractivity contribution in [2.24, 2.45) is 28.6 Å². The number of carbonyl (C=O) groups is 1. The van der Waals surface area contributed by atoms with Crippen LogP contribution in [-0.2, 0) is 9.53 Å². The lowest BCUT2D eigenvalue weighted by Crippen LogP contribution is -2.50. The summed E-state index contributed by atoms with van der Waals surface area (Å²) in [4.78, 5) is 11.5. The molecule has 2 heteroatoms. The summed E-state index contributed by atoms with van der Waals surface area (Å²) in [6.45, 7) is 6.48. The summed E-state index contributed by atoms with van der Waals surface area (Å²) in [5.74, 6) is 2.23. The summed E-state index contributed by atoms with van der Waals surface area (Å²) in [7, 11) is 0. The molecule has 0 saturated heterocycles. The van der Waals surface area contributed by atoms with Crippen LogP contribution < -0.4 is 0 Å². The molecule has 0 N–H and O–H groups in total. The molecular formula is C21H30O2. The van der Waals surface area contributed by atoms with Crippen molar-refractivity contribution in [1.82, 2.24) is 0 Å².